The summed E-state index contributed by atoms with van der Waals surface area (Å²) in [6, 6.07) is 23.0. The molecule has 0 unspecified atom stereocenters. The Labute approximate surface area is 319 Å². The molecule has 3 aromatic rings. The van der Waals surface area contributed by atoms with E-state index in [0.717, 1.165) is 86.3 Å². The Morgan fingerprint density at radius 2 is 1.19 bits per heavy atom. The Morgan fingerprint density at radius 3 is 1.81 bits per heavy atom. The molecule has 0 saturated heterocycles. The second kappa shape index (κ2) is 23.3. The van der Waals surface area contributed by atoms with Gasteiger partial charge in [0.1, 0.15) is 17.6 Å². The number of carbonyl (C=O) groups excluding carboxylic acids is 4. The Hall–Kier alpha value is -5.44. The number of rotatable bonds is 23. The molecule has 1 saturated carbocycles. The molecule has 0 radical (unpaired) electrons. The summed E-state index contributed by atoms with van der Waals surface area (Å²) in [6.45, 7) is 8.76. The molecule has 3 aromatic carbocycles. The number of benzene rings is 3. The topological polar surface area (TPSA) is 114 Å². The van der Waals surface area contributed by atoms with Gasteiger partial charge in [0, 0.05) is 17.2 Å². The van der Waals surface area contributed by atoms with E-state index in [1.807, 2.05) is 48.5 Å². The molecule has 0 aromatic heterocycles. The van der Waals surface area contributed by atoms with Gasteiger partial charge in [0.15, 0.2) is 5.78 Å². The molecule has 286 valence electrons. The number of ether oxygens (including phenoxy) is 5. The Kier molecular flexibility index (Phi) is 17.8. The van der Waals surface area contributed by atoms with Crippen LogP contribution < -0.4 is 9.47 Å². The van der Waals surface area contributed by atoms with Gasteiger partial charge in [0.05, 0.1) is 32.8 Å². The van der Waals surface area contributed by atoms with E-state index in [4.69, 9.17) is 23.7 Å². The van der Waals surface area contributed by atoms with E-state index in [0.29, 0.717) is 44.2 Å². The molecule has 4 rings (SSSR count). The molecule has 1 aliphatic rings. The van der Waals surface area contributed by atoms with E-state index >= 15 is 0 Å². The summed E-state index contributed by atoms with van der Waals surface area (Å²) in [4.78, 5) is 48.0. The van der Waals surface area contributed by atoms with Crippen LogP contribution in [-0.4, -0.2) is 56.2 Å². The van der Waals surface area contributed by atoms with Crippen LogP contribution in [0.2, 0.25) is 0 Å². The van der Waals surface area contributed by atoms with Crippen LogP contribution in [0.5, 0.6) is 11.5 Å². The minimum Gasteiger partial charge on any atom is -0.494 e. The van der Waals surface area contributed by atoms with Crippen molar-refractivity contribution in [3.8, 4) is 22.6 Å². The molecule has 0 N–H and O–H groups in total. The predicted octanol–water partition coefficient (Wildman–Crippen LogP) is 9.44. The quantitative estimate of drug-likeness (QED) is 0.0309. The molecular formula is C45H52O9. The molecule has 0 atom stereocenters. The second-order valence-corrected chi connectivity index (χ2v) is 13.2. The fourth-order valence-corrected chi connectivity index (χ4v) is 5.81. The zero-order valence-electron chi connectivity index (χ0n) is 31.1. The Bertz CT molecular complexity index is 1680. The molecule has 54 heavy (non-hydrogen) atoms. The first-order chi connectivity index (χ1) is 26.3. The first-order valence-electron chi connectivity index (χ1n) is 18.9. The van der Waals surface area contributed by atoms with Crippen molar-refractivity contribution in [2.75, 3.05) is 26.4 Å². The predicted molar refractivity (Wildman–Crippen MR) is 209 cm³/mol. The summed E-state index contributed by atoms with van der Waals surface area (Å²) in [7, 11) is 0. The van der Waals surface area contributed by atoms with Gasteiger partial charge in [-0.1, -0.05) is 62.1 Å². The van der Waals surface area contributed by atoms with Crippen LogP contribution in [0, 0.1) is 0 Å². The van der Waals surface area contributed by atoms with Gasteiger partial charge in [-0.15, -0.1) is 0 Å². The fraction of sp³-hybridized carbons (Fsp3) is 0.378. The summed E-state index contributed by atoms with van der Waals surface area (Å²) in [5.74, 6) is 0.00559. The number of hydrogen-bond donors (Lipinski definition) is 0. The zero-order chi connectivity index (χ0) is 38.4. The van der Waals surface area contributed by atoms with Gasteiger partial charge in [-0.3, -0.25) is 9.59 Å². The molecule has 9 heteroatoms. The van der Waals surface area contributed by atoms with Crippen LogP contribution in [0.25, 0.3) is 17.2 Å². The zero-order valence-corrected chi connectivity index (χ0v) is 31.1. The third-order valence-corrected chi connectivity index (χ3v) is 8.92. The van der Waals surface area contributed by atoms with E-state index in [9.17, 15) is 19.2 Å². The molecule has 0 aliphatic heterocycles. The van der Waals surface area contributed by atoms with Gasteiger partial charge >= 0.3 is 17.9 Å². The number of carbonyl (C=O) groups is 4. The normalized spacial score (nSPS) is 12.8. The molecule has 0 spiro atoms. The summed E-state index contributed by atoms with van der Waals surface area (Å²) < 4.78 is 27.3. The Morgan fingerprint density at radius 1 is 0.648 bits per heavy atom. The molecule has 1 aliphatic carbocycles. The first kappa shape index (κ1) is 41.3. The van der Waals surface area contributed by atoms with Gasteiger partial charge < -0.3 is 23.7 Å². The molecule has 0 amide bonds. The van der Waals surface area contributed by atoms with Gasteiger partial charge in [-0.25, -0.2) is 9.59 Å². The number of esters is 3. The molecule has 9 nitrogen and oxygen atoms in total. The Balaban J connectivity index is 1.06. The minimum absolute atomic E-state index is 0.0373. The summed E-state index contributed by atoms with van der Waals surface area (Å²) in [5.41, 5.74) is 3.74. The van der Waals surface area contributed by atoms with Gasteiger partial charge in [-0.2, -0.15) is 0 Å². The molecular weight excluding hydrogens is 684 g/mol. The maximum absolute atomic E-state index is 12.7. The summed E-state index contributed by atoms with van der Waals surface area (Å²) >= 11 is 0. The van der Waals surface area contributed by atoms with E-state index < -0.39 is 17.9 Å². The van der Waals surface area contributed by atoms with Crippen molar-refractivity contribution in [1.29, 1.82) is 0 Å². The third kappa shape index (κ3) is 15.3. The smallest absolute Gasteiger partial charge is 0.333 e. The molecule has 1 fully saturated rings. The lowest BCUT2D eigenvalue weighted by Crippen LogP contribution is -2.22. The largest absolute Gasteiger partial charge is 0.494 e. The number of hydrogen-bond acceptors (Lipinski definition) is 9. The fourth-order valence-electron chi connectivity index (χ4n) is 5.81. The van der Waals surface area contributed by atoms with Crippen molar-refractivity contribution in [3.05, 3.63) is 115 Å². The number of allylic oxidation sites excluding steroid dienone is 1. The van der Waals surface area contributed by atoms with E-state index in [1.165, 1.54) is 6.42 Å². The lowest BCUT2D eigenvalue weighted by Gasteiger charge is -2.21. The highest BCUT2D eigenvalue weighted by atomic mass is 16.5. The van der Waals surface area contributed by atoms with E-state index in [-0.39, 0.29) is 23.9 Å². The highest BCUT2D eigenvalue weighted by molar-refractivity contribution is 6.06. The van der Waals surface area contributed by atoms with Crippen LogP contribution in [0.15, 0.2) is 104 Å². The first-order valence-corrected chi connectivity index (χ1v) is 18.9. The highest BCUT2D eigenvalue weighted by Gasteiger charge is 2.20. The van der Waals surface area contributed by atoms with Crippen LogP contribution in [0.3, 0.4) is 0 Å². The number of unbranched alkanes of at least 4 members (excludes halogenated alkanes) is 4. The second-order valence-electron chi connectivity index (χ2n) is 13.2. The summed E-state index contributed by atoms with van der Waals surface area (Å²) in [5, 5.41) is 0. The van der Waals surface area contributed by atoms with Crippen molar-refractivity contribution in [1.82, 2.24) is 0 Å². The monoisotopic (exact) mass is 736 g/mol. The van der Waals surface area contributed by atoms with E-state index in [1.54, 1.807) is 36.4 Å². The lowest BCUT2D eigenvalue weighted by atomic mass is 9.98. The SMILES string of the molecule is C=CC(=O)OCCCCOc1ccc(C(=O)/C=C/c2ccc(-c3ccc(OCCCCCCOC(=O)C(=C)CC(=O)OC4CCCCC4)cc3)cc2)cc1. The van der Waals surface area contributed by atoms with Crippen molar-refractivity contribution < 1.29 is 42.9 Å². The standard InChI is InChI=1S/C45H52O9/c1-3-43(47)52-31-12-11-30-51-40-26-22-38(23-27-40)42(46)28-17-35-15-18-36(19-16-35)37-20-24-39(25-21-37)50-29-9-4-5-10-32-53-45(49)34(2)33-44(48)54-41-13-7-6-8-14-41/h3,15-28,41H,1-2,4-14,29-33H2/b28-17+. The highest BCUT2D eigenvalue weighted by Crippen LogP contribution is 2.24. The van der Waals surface area contributed by atoms with Crippen molar-refractivity contribution in [2.24, 2.45) is 0 Å². The average molecular weight is 737 g/mol. The van der Waals surface area contributed by atoms with E-state index in [2.05, 4.69) is 13.2 Å². The minimum atomic E-state index is -0.538. The van der Waals surface area contributed by atoms with Gasteiger partial charge in [0.2, 0.25) is 0 Å². The van der Waals surface area contributed by atoms with Crippen LogP contribution in [0.4, 0.5) is 0 Å². The van der Waals surface area contributed by atoms with Crippen molar-refractivity contribution >= 4 is 29.8 Å². The van der Waals surface area contributed by atoms with Gasteiger partial charge in [-0.05, 0) is 123 Å². The van der Waals surface area contributed by atoms with Crippen LogP contribution in [-0.2, 0) is 28.6 Å². The van der Waals surface area contributed by atoms with Crippen LogP contribution >= 0.6 is 0 Å². The van der Waals surface area contributed by atoms with Crippen LogP contribution in [0.1, 0.15) is 93.0 Å². The maximum atomic E-state index is 12.7. The third-order valence-electron chi connectivity index (χ3n) is 8.92. The average Bonchev–Trinajstić information content (AvgIpc) is 3.20. The molecule has 0 bridgehead atoms. The maximum Gasteiger partial charge on any atom is 0.333 e. The van der Waals surface area contributed by atoms with Crippen molar-refractivity contribution in [2.45, 2.75) is 83.2 Å². The summed E-state index contributed by atoms with van der Waals surface area (Å²) in [6.07, 6.45) is 14.3. The van der Waals surface area contributed by atoms with Gasteiger partial charge in [0.25, 0.3) is 0 Å². The lowest BCUT2D eigenvalue weighted by molar-refractivity contribution is -0.151. The van der Waals surface area contributed by atoms with Crippen molar-refractivity contribution in [3.63, 3.8) is 0 Å². The number of ketones is 1. The molecule has 0 heterocycles.